The zero-order valence-electron chi connectivity index (χ0n) is 15.9. The Kier molecular flexibility index (Phi) is 7.78. The number of methoxy groups -OCH3 is 1. The average Bonchev–Trinajstić information content (AvgIpc) is 2.64. The van der Waals surface area contributed by atoms with Crippen LogP contribution in [0.15, 0.2) is 36.4 Å². The van der Waals surface area contributed by atoms with Crippen molar-refractivity contribution in [1.29, 1.82) is 0 Å². The number of ether oxygens (including phenoxy) is 2. The number of carbonyl (C=O) groups excluding carboxylic acids is 1. The van der Waals surface area contributed by atoms with Gasteiger partial charge in [0.1, 0.15) is 0 Å². The van der Waals surface area contributed by atoms with E-state index in [9.17, 15) is 4.79 Å². The number of hydrogen-bond donors (Lipinski definition) is 1. The molecule has 2 aromatic carbocycles. The van der Waals surface area contributed by atoms with E-state index >= 15 is 0 Å². The number of likely N-dealkylation sites (N-methyl/N-ethyl adjacent to an activating group) is 1. The van der Waals surface area contributed by atoms with Gasteiger partial charge < -0.3 is 14.8 Å². The predicted octanol–water partition coefficient (Wildman–Crippen LogP) is 4.86. The fourth-order valence-electron chi connectivity index (χ4n) is 2.54. The third-order valence-corrected chi connectivity index (χ3v) is 4.74. The zero-order chi connectivity index (χ0) is 20.0. The molecule has 7 heteroatoms. The largest absolute Gasteiger partial charge is 0.493 e. The SMILES string of the molecule is CCOc1ccc(CN(C)[C@H](C)C(=O)Nc2ccc(Cl)cc2Cl)cc1OC. The summed E-state index contributed by atoms with van der Waals surface area (Å²) >= 11 is 12.0. The molecule has 2 rings (SSSR count). The molecule has 0 heterocycles. The summed E-state index contributed by atoms with van der Waals surface area (Å²) < 4.78 is 10.9. The van der Waals surface area contributed by atoms with Crippen LogP contribution in [-0.2, 0) is 11.3 Å². The smallest absolute Gasteiger partial charge is 0.241 e. The molecule has 1 N–H and O–H groups in total. The van der Waals surface area contributed by atoms with E-state index in [1.807, 2.05) is 44.0 Å². The van der Waals surface area contributed by atoms with Crippen LogP contribution in [0, 0.1) is 0 Å². The number of rotatable bonds is 8. The van der Waals surface area contributed by atoms with E-state index in [2.05, 4.69) is 5.32 Å². The van der Waals surface area contributed by atoms with E-state index < -0.39 is 0 Å². The maximum Gasteiger partial charge on any atom is 0.241 e. The molecular weight excluding hydrogens is 387 g/mol. The quantitative estimate of drug-likeness (QED) is 0.674. The first-order valence-electron chi connectivity index (χ1n) is 8.61. The number of carbonyl (C=O) groups is 1. The molecule has 27 heavy (non-hydrogen) atoms. The summed E-state index contributed by atoms with van der Waals surface area (Å²) in [6.07, 6.45) is 0. The Morgan fingerprint density at radius 2 is 1.93 bits per heavy atom. The van der Waals surface area contributed by atoms with Crippen molar-refractivity contribution >= 4 is 34.8 Å². The number of nitrogens with one attached hydrogen (secondary N) is 1. The number of anilines is 1. The van der Waals surface area contributed by atoms with Crippen LogP contribution in [0.5, 0.6) is 11.5 Å². The average molecular weight is 411 g/mol. The molecule has 1 atom stereocenters. The first-order chi connectivity index (χ1) is 12.8. The number of nitrogens with zero attached hydrogens (tertiary/aromatic N) is 1. The monoisotopic (exact) mass is 410 g/mol. The molecule has 1 amide bonds. The third-order valence-electron chi connectivity index (χ3n) is 4.19. The minimum absolute atomic E-state index is 0.153. The summed E-state index contributed by atoms with van der Waals surface area (Å²) in [7, 11) is 3.49. The van der Waals surface area contributed by atoms with Gasteiger partial charge in [0, 0.05) is 11.6 Å². The Morgan fingerprint density at radius 1 is 1.19 bits per heavy atom. The van der Waals surface area contributed by atoms with Crippen LogP contribution in [0.25, 0.3) is 0 Å². The van der Waals surface area contributed by atoms with Crippen LogP contribution in [0.3, 0.4) is 0 Å². The molecule has 2 aromatic rings. The summed E-state index contributed by atoms with van der Waals surface area (Å²) in [5, 5.41) is 3.76. The minimum atomic E-state index is -0.366. The van der Waals surface area contributed by atoms with Gasteiger partial charge in [0.25, 0.3) is 0 Å². The van der Waals surface area contributed by atoms with Crippen molar-refractivity contribution in [3.8, 4) is 11.5 Å². The second-order valence-electron chi connectivity index (χ2n) is 6.12. The molecule has 0 saturated heterocycles. The Bertz CT molecular complexity index is 799. The van der Waals surface area contributed by atoms with Crippen molar-refractivity contribution in [3.63, 3.8) is 0 Å². The molecule has 0 unspecified atom stereocenters. The zero-order valence-corrected chi connectivity index (χ0v) is 17.4. The highest BCUT2D eigenvalue weighted by Crippen LogP contribution is 2.29. The van der Waals surface area contributed by atoms with Gasteiger partial charge >= 0.3 is 0 Å². The summed E-state index contributed by atoms with van der Waals surface area (Å²) in [4.78, 5) is 14.5. The van der Waals surface area contributed by atoms with E-state index in [4.69, 9.17) is 32.7 Å². The molecule has 0 aliphatic heterocycles. The highest BCUT2D eigenvalue weighted by molar-refractivity contribution is 6.36. The van der Waals surface area contributed by atoms with Gasteiger partial charge in [0.15, 0.2) is 11.5 Å². The summed E-state index contributed by atoms with van der Waals surface area (Å²) in [6, 6.07) is 10.4. The van der Waals surface area contributed by atoms with Gasteiger partial charge in [-0.2, -0.15) is 0 Å². The molecule has 0 radical (unpaired) electrons. The summed E-state index contributed by atoms with van der Waals surface area (Å²) in [5.74, 6) is 1.22. The minimum Gasteiger partial charge on any atom is -0.493 e. The van der Waals surface area contributed by atoms with Gasteiger partial charge in [-0.05, 0) is 56.8 Å². The number of benzene rings is 2. The standard InChI is InChI=1S/C20H24Cl2N2O3/c1-5-27-18-9-6-14(10-19(18)26-4)12-24(3)13(2)20(25)23-17-8-7-15(21)11-16(17)22/h6-11,13H,5,12H2,1-4H3,(H,23,25)/t13-/m1/s1. The van der Waals surface area contributed by atoms with Gasteiger partial charge in [-0.15, -0.1) is 0 Å². The Morgan fingerprint density at radius 3 is 2.56 bits per heavy atom. The fraction of sp³-hybridized carbons (Fsp3) is 0.350. The van der Waals surface area contributed by atoms with Gasteiger partial charge in [0.2, 0.25) is 5.91 Å². The molecule has 0 fully saturated rings. The van der Waals surface area contributed by atoms with Crippen LogP contribution >= 0.6 is 23.2 Å². The summed E-state index contributed by atoms with van der Waals surface area (Å²) in [5.41, 5.74) is 1.55. The second-order valence-corrected chi connectivity index (χ2v) is 6.97. The molecule has 146 valence electrons. The Balaban J connectivity index is 2.04. The van der Waals surface area contributed by atoms with Crippen LogP contribution in [0.2, 0.25) is 10.0 Å². The van der Waals surface area contributed by atoms with Crippen molar-refractivity contribution in [2.45, 2.75) is 26.4 Å². The van der Waals surface area contributed by atoms with Gasteiger partial charge in [-0.25, -0.2) is 0 Å². The first kappa shape index (κ1) is 21.4. The van der Waals surface area contributed by atoms with E-state index in [1.54, 1.807) is 25.3 Å². The molecule has 0 aromatic heterocycles. The topological polar surface area (TPSA) is 50.8 Å². The molecule has 0 spiro atoms. The lowest BCUT2D eigenvalue weighted by atomic mass is 10.1. The number of amides is 1. The molecule has 0 aliphatic rings. The van der Waals surface area contributed by atoms with Crippen molar-refractivity contribution in [1.82, 2.24) is 4.90 Å². The second kappa shape index (κ2) is 9.83. The lowest BCUT2D eigenvalue weighted by Gasteiger charge is -2.24. The van der Waals surface area contributed by atoms with E-state index in [-0.39, 0.29) is 11.9 Å². The normalized spacial score (nSPS) is 12.0. The maximum atomic E-state index is 12.6. The summed E-state index contributed by atoms with van der Waals surface area (Å²) in [6.45, 7) is 4.91. The van der Waals surface area contributed by atoms with E-state index in [0.717, 1.165) is 5.56 Å². The van der Waals surface area contributed by atoms with E-state index in [1.165, 1.54) is 0 Å². The third kappa shape index (κ3) is 5.76. The van der Waals surface area contributed by atoms with E-state index in [0.29, 0.717) is 40.4 Å². The molecular formula is C20H24Cl2N2O3. The van der Waals surface area contributed by atoms with Crippen LogP contribution in [-0.4, -0.2) is 37.6 Å². The van der Waals surface area contributed by atoms with Crippen molar-refractivity contribution in [2.24, 2.45) is 0 Å². The predicted molar refractivity (Wildman–Crippen MR) is 110 cm³/mol. The van der Waals surface area contributed by atoms with Gasteiger partial charge in [-0.1, -0.05) is 29.3 Å². The molecule has 0 aliphatic carbocycles. The van der Waals surface area contributed by atoms with Crippen molar-refractivity contribution in [3.05, 3.63) is 52.0 Å². The lowest BCUT2D eigenvalue weighted by molar-refractivity contribution is -0.120. The van der Waals surface area contributed by atoms with Crippen LogP contribution in [0.1, 0.15) is 19.4 Å². The van der Waals surface area contributed by atoms with Gasteiger partial charge in [-0.3, -0.25) is 9.69 Å². The Labute approximate surface area is 170 Å². The highest BCUT2D eigenvalue weighted by atomic mass is 35.5. The van der Waals surface area contributed by atoms with Gasteiger partial charge in [0.05, 0.1) is 30.5 Å². The van der Waals surface area contributed by atoms with Crippen LogP contribution < -0.4 is 14.8 Å². The van der Waals surface area contributed by atoms with Crippen molar-refractivity contribution < 1.29 is 14.3 Å². The first-order valence-corrected chi connectivity index (χ1v) is 9.37. The molecule has 5 nitrogen and oxygen atoms in total. The van der Waals surface area contributed by atoms with Crippen LogP contribution in [0.4, 0.5) is 5.69 Å². The molecule has 0 bridgehead atoms. The molecule has 0 saturated carbocycles. The highest BCUT2D eigenvalue weighted by Gasteiger charge is 2.19. The number of hydrogen-bond acceptors (Lipinski definition) is 4. The fourth-order valence-corrected chi connectivity index (χ4v) is 2.99. The number of halogens is 2. The maximum absolute atomic E-state index is 12.6. The Hall–Kier alpha value is -1.95. The van der Waals surface area contributed by atoms with Crippen molar-refractivity contribution in [2.75, 3.05) is 26.1 Å². The lowest BCUT2D eigenvalue weighted by Crippen LogP contribution is -2.39.